The Morgan fingerprint density at radius 3 is 2.64 bits per heavy atom. The second-order valence-electron chi connectivity index (χ2n) is 2.94. The number of hydrogen-bond acceptors (Lipinski definition) is 2. The van der Waals surface area contributed by atoms with E-state index in [0.717, 1.165) is 5.69 Å². The number of alkyl halides is 1. The Balaban J connectivity index is 2.49. The van der Waals surface area contributed by atoms with Gasteiger partial charge in [-0.05, 0) is 25.1 Å². The van der Waals surface area contributed by atoms with Crippen LogP contribution in [0.2, 0.25) is 0 Å². The lowest BCUT2D eigenvalue weighted by atomic mass is 10.2. The van der Waals surface area contributed by atoms with Gasteiger partial charge in [-0.1, -0.05) is 17.7 Å². The van der Waals surface area contributed by atoms with E-state index in [-0.39, 0.29) is 11.7 Å². The standard InChI is InChI=1S/C11H12ClNO/c1-9-2-4-10(5-3-9)13-7-6-11(14)8-12/h2-7,13H,8H2,1H3. The Morgan fingerprint density at radius 2 is 2.07 bits per heavy atom. The minimum absolute atomic E-state index is 0.0199. The predicted molar refractivity (Wildman–Crippen MR) is 59.7 cm³/mol. The van der Waals surface area contributed by atoms with Crippen LogP contribution in [0.3, 0.4) is 0 Å². The van der Waals surface area contributed by atoms with Crippen LogP contribution >= 0.6 is 11.6 Å². The molecule has 0 amide bonds. The zero-order valence-corrected chi connectivity index (χ0v) is 8.71. The van der Waals surface area contributed by atoms with E-state index in [2.05, 4.69) is 5.32 Å². The molecule has 0 fully saturated rings. The number of aryl methyl sites for hydroxylation is 1. The number of carbonyl (C=O) groups is 1. The third kappa shape index (κ3) is 3.62. The SMILES string of the molecule is Cc1ccc(NC=CC(=O)CCl)cc1. The first-order chi connectivity index (χ1) is 6.72. The number of hydrogen-bond donors (Lipinski definition) is 1. The van der Waals surface area contributed by atoms with E-state index in [1.165, 1.54) is 11.6 Å². The lowest BCUT2D eigenvalue weighted by molar-refractivity contribution is -0.112. The van der Waals surface area contributed by atoms with E-state index in [0.29, 0.717) is 0 Å². The summed E-state index contributed by atoms with van der Waals surface area (Å²) in [6.07, 6.45) is 3.02. The first-order valence-electron chi connectivity index (χ1n) is 4.31. The van der Waals surface area contributed by atoms with Gasteiger partial charge in [-0.15, -0.1) is 11.6 Å². The highest BCUT2D eigenvalue weighted by Crippen LogP contribution is 2.07. The highest BCUT2D eigenvalue weighted by molar-refractivity contribution is 6.29. The van der Waals surface area contributed by atoms with Crippen LogP contribution in [-0.4, -0.2) is 11.7 Å². The van der Waals surface area contributed by atoms with E-state index in [1.54, 1.807) is 6.20 Å². The molecule has 0 aliphatic carbocycles. The molecule has 74 valence electrons. The number of ketones is 1. The van der Waals surface area contributed by atoms with Crippen molar-refractivity contribution in [2.45, 2.75) is 6.92 Å². The fraction of sp³-hybridized carbons (Fsp3) is 0.182. The Labute approximate surface area is 88.6 Å². The Kier molecular flexibility index (Phi) is 4.20. The van der Waals surface area contributed by atoms with Gasteiger partial charge >= 0.3 is 0 Å². The molecule has 0 heterocycles. The number of anilines is 1. The summed E-state index contributed by atoms with van der Waals surface area (Å²) in [5.74, 6) is -0.0854. The molecule has 0 aliphatic heterocycles. The van der Waals surface area contributed by atoms with Gasteiger partial charge in [0.25, 0.3) is 0 Å². The summed E-state index contributed by atoms with van der Waals surface area (Å²) < 4.78 is 0. The molecule has 14 heavy (non-hydrogen) atoms. The molecular formula is C11H12ClNO. The molecule has 0 spiro atoms. The van der Waals surface area contributed by atoms with Gasteiger partial charge < -0.3 is 5.32 Å². The van der Waals surface area contributed by atoms with Crippen molar-refractivity contribution < 1.29 is 4.79 Å². The number of halogens is 1. The molecule has 1 aromatic rings. The van der Waals surface area contributed by atoms with Crippen molar-refractivity contribution in [1.82, 2.24) is 0 Å². The second-order valence-corrected chi connectivity index (χ2v) is 3.21. The number of benzene rings is 1. The Morgan fingerprint density at radius 1 is 1.43 bits per heavy atom. The normalized spacial score (nSPS) is 10.4. The average Bonchev–Trinajstić information content (AvgIpc) is 2.21. The van der Waals surface area contributed by atoms with E-state index in [1.807, 2.05) is 31.2 Å². The fourth-order valence-electron chi connectivity index (χ4n) is 0.925. The summed E-state index contributed by atoms with van der Waals surface area (Å²) in [6, 6.07) is 7.90. The zero-order chi connectivity index (χ0) is 10.4. The maximum absolute atomic E-state index is 10.8. The molecule has 0 bridgehead atoms. The number of carbonyl (C=O) groups excluding carboxylic acids is 1. The molecule has 0 radical (unpaired) electrons. The molecular weight excluding hydrogens is 198 g/mol. The lowest BCUT2D eigenvalue weighted by Gasteiger charge is -1.99. The highest BCUT2D eigenvalue weighted by atomic mass is 35.5. The maximum atomic E-state index is 10.8. The molecule has 0 aromatic heterocycles. The van der Waals surface area contributed by atoms with Gasteiger partial charge in [-0.25, -0.2) is 0 Å². The summed E-state index contributed by atoms with van der Waals surface area (Å²) in [5, 5.41) is 2.98. The largest absolute Gasteiger partial charge is 0.362 e. The van der Waals surface area contributed by atoms with Crippen LogP contribution in [0.5, 0.6) is 0 Å². The minimum Gasteiger partial charge on any atom is -0.362 e. The smallest absolute Gasteiger partial charge is 0.171 e. The van der Waals surface area contributed by atoms with Crippen LogP contribution in [0.15, 0.2) is 36.5 Å². The monoisotopic (exact) mass is 209 g/mol. The van der Waals surface area contributed by atoms with Crippen LogP contribution in [-0.2, 0) is 4.79 Å². The minimum atomic E-state index is -0.105. The van der Waals surface area contributed by atoms with Gasteiger partial charge in [0.15, 0.2) is 5.78 Å². The van der Waals surface area contributed by atoms with Crippen molar-refractivity contribution in [3.8, 4) is 0 Å². The van der Waals surface area contributed by atoms with Crippen LogP contribution in [0, 0.1) is 6.92 Å². The summed E-state index contributed by atoms with van der Waals surface area (Å²) in [5.41, 5.74) is 2.16. The van der Waals surface area contributed by atoms with E-state index in [4.69, 9.17) is 11.6 Å². The van der Waals surface area contributed by atoms with Crippen molar-refractivity contribution in [1.29, 1.82) is 0 Å². The predicted octanol–water partition coefficient (Wildman–Crippen LogP) is 2.73. The van der Waals surface area contributed by atoms with Crippen molar-refractivity contribution >= 4 is 23.1 Å². The quantitative estimate of drug-likeness (QED) is 0.610. The van der Waals surface area contributed by atoms with Gasteiger partial charge in [-0.3, -0.25) is 4.79 Å². The van der Waals surface area contributed by atoms with Crippen LogP contribution in [0.1, 0.15) is 5.56 Å². The number of rotatable bonds is 4. The molecule has 0 aliphatic rings. The van der Waals surface area contributed by atoms with Crippen molar-refractivity contribution in [2.24, 2.45) is 0 Å². The van der Waals surface area contributed by atoms with Gasteiger partial charge in [-0.2, -0.15) is 0 Å². The van der Waals surface area contributed by atoms with E-state index < -0.39 is 0 Å². The lowest BCUT2D eigenvalue weighted by Crippen LogP contribution is -1.95. The van der Waals surface area contributed by atoms with Gasteiger partial charge in [0, 0.05) is 11.9 Å². The van der Waals surface area contributed by atoms with Crippen LogP contribution in [0.4, 0.5) is 5.69 Å². The molecule has 1 aromatic carbocycles. The van der Waals surface area contributed by atoms with Crippen molar-refractivity contribution in [3.05, 3.63) is 42.1 Å². The first-order valence-corrected chi connectivity index (χ1v) is 4.84. The fourth-order valence-corrected chi connectivity index (χ4v) is 1.01. The number of allylic oxidation sites excluding steroid dienone is 1. The molecule has 0 saturated carbocycles. The van der Waals surface area contributed by atoms with E-state index in [9.17, 15) is 4.79 Å². The summed E-state index contributed by atoms with van der Waals surface area (Å²) >= 11 is 5.33. The van der Waals surface area contributed by atoms with Gasteiger partial charge in [0.05, 0.1) is 5.88 Å². The Hall–Kier alpha value is -1.28. The topological polar surface area (TPSA) is 29.1 Å². The van der Waals surface area contributed by atoms with Crippen LogP contribution < -0.4 is 5.32 Å². The van der Waals surface area contributed by atoms with Gasteiger partial charge in [0.2, 0.25) is 0 Å². The third-order valence-corrected chi connectivity index (χ3v) is 1.97. The molecule has 0 atom stereocenters. The van der Waals surface area contributed by atoms with Crippen molar-refractivity contribution in [3.63, 3.8) is 0 Å². The molecule has 2 nitrogen and oxygen atoms in total. The summed E-state index contributed by atoms with van der Waals surface area (Å²) in [6.45, 7) is 2.02. The summed E-state index contributed by atoms with van der Waals surface area (Å²) in [4.78, 5) is 10.8. The van der Waals surface area contributed by atoms with E-state index >= 15 is 0 Å². The van der Waals surface area contributed by atoms with Crippen LogP contribution in [0.25, 0.3) is 0 Å². The molecule has 1 rings (SSSR count). The Bertz CT molecular complexity index is 330. The summed E-state index contributed by atoms with van der Waals surface area (Å²) in [7, 11) is 0. The molecule has 3 heteroatoms. The molecule has 0 saturated heterocycles. The molecule has 0 unspecified atom stereocenters. The average molecular weight is 210 g/mol. The molecule has 1 N–H and O–H groups in total. The third-order valence-electron chi connectivity index (χ3n) is 1.70. The maximum Gasteiger partial charge on any atom is 0.171 e. The van der Waals surface area contributed by atoms with Gasteiger partial charge in [0.1, 0.15) is 0 Å². The number of nitrogens with one attached hydrogen (secondary N) is 1. The zero-order valence-electron chi connectivity index (χ0n) is 7.96. The second kappa shape index (κ2) is 5.45. The highest BCUT2D eigenvalue weighted by Gasteiger charge is 1.91. The first kappa shape index (κ1) is 10.8. The van der Waals surface area contributed by atoms with Crippen molar-refractivity contribution in [2.75, 3.05) is 11.2 Å².